The van der Waals surface area contributed by atoms with Crippen molar-refractivity contribution >= 4 is 0 Å². The van der Waals surface area contributed by atoms with Gasteiger partial charge in [-0.15, -0.1) is 0 Å². The Hall–Kier alpha value is -0.290. The summed E-state index contributed by atoms with van der Waals surface area (Å²) < 4.78 is 41.3. The summed E-state index contributed by atoms with van der Waals surface area (Å²) in [4.78, 5) is 0. The van der Waals surface area contributed by atoms with Crippen LogP contribution in [0.25, 0.3) is 0 Å². The lowest BCUT2D eigenvalue weighted by atomic mass is 9.71. The van der Waals surface area contributed by atoms with Crippen molar-refractivity contribution in [1.29, 1.82) is 0 Å². The van der Waals surface area contributed by atoms with Crippen LogP contribution in [0.2, 0.25) is 0 Å². The topological polar surface area (TPSA) is 21.3 Å². The predicted octanol–water partition coefficient (Wildman–Crippen LogP) is 3.37. The first kappa shape index (κ1) is 15.8. The molecule has 0 radical (unpaired) electrons. The molecule has 18 heavy (non-hydrogen) atoms. The Morgan fingerprint density at radius 2 is 1.94 bits per heavy atom. The van der Waals surface area contributed by atoms with Crippen molar-refractivity contribution in [3.8, 4) is 0 Å². The molecule has 0 aliphatic heterocycles. The molecule has 0 aromatic rings. The van der Waals surface area contributed by atoms with Gasteiger partial charge in [-0.25, -0.2) is 0 Å². The zero-order valence-electron chi connectivity index (χ0n) is 11.4. The minimum Gasteiger partial charge on any atom is -0.377 e. The predicted molar refractivity (Wildman–Crippen MR) is 65.5 cm³/mol. The van der Waals surface area contributed by atoms with Gasteiger partial charge in [-0.3, -0.25) is 0 Å². The zero-order valence-corrected chi connectivity index (χ0v) is 11.4. The quantitative estimate of drug-likeness (QED) is 0.771. The second kappa shape index (κ2) is 6.24. The molecule has 1 saturated carbocycles. The highest BCUT2D eigenvalue weighted by Gasteiger charge is 2.32. The Balaban J connectivity index is 2.15. The number of ether oxygens (including phenoxy) is 1. The van der Waals surface area contributed by atoms with Crippen molar-refractivity contribution in [2.24, 2.45) is 11.3 Å². The van der Waals surface area contributed by atoms with Gasteiger partial charge in [0.15, 0.2) is 0 Å². The van der Waals surface area contributed by atoms with Gasteiger partial charge < -0.3 is 10.1 Å². The van der Waals surface area contributed by atoms with Crippen molar-refractivity contribution < 1.29 is 17.9 Å². The highest BCUT2D eigenvalue weighted by Crippen LogP contribution is 2.39. The Labute approximate surface area is 107 Å². The van der Waals surface area contributed by atoms with Crippen molar-refractivity contribution in [2.75, 3.05) is 19.7 Å². The first-order valence-electron chi connectivity index (χ1n) is 6.57. The molecule has 108 valence electrons. The van der Waals surface area contributed by atoms with Gasteiger partial charge in [-0.2, -0.15) is 13.2 Å². The molecule has 0 aromatic heterocycles. The van der Waals surface area contributed by atoms with Crippen LogP contribution in [-0.2, 0) is 4.74 Å². The van der Waals surface area contributed by atoms with Gasteiger partial charge >= 0.3 is 6.18 Å². The molecule has 2 unspecified atom stereocenters. The fourth-order valence-corrected chi connectivity index (χ4v) is 2.91. The lowest BCUT2D eigenvalue weighted by Gasteiger charge is -2.38. The van der Waals surface area contributed by atoms with E-state index < -0.39 is 12.7 Å². The van der Waals surface area contributed by atoms with E-state index in [-0.39, 0.29) is 18.1 Å². The van der Waals surface area contributed by atoms with Gasteiger partial charge in [0.05, 0.1) is 19.3 Å². The van der Waals surface area contributed by atoms with Crippen LogP contribution in [0.3, 0.4) is 0 Å². The molecule has 0 spiro atoms. The van der Waals surface area contributed by atoms with Gasteiger partial charge in [0, 0.05) is 6.54 Å². The molecule has 2 nitrogen and oxygen atoms in total. The van der Waals surface area contributed by atoms with Crippen molar-refractivity contribution in [3.63, 3.8) is 0 Å². The van der Waals surface area contributed by atoms with Crippen LogP contribution >= 0.6 is 0 Å². The maximum absolute atomic E-state index is 11.9. The maximum Gasteiger partial charge on any atom is 0.401 e. The van der Waals surface area contributed by atoms with E-state index in [2.05, 4.69) is 26.1 Å². The third kappa shape index (κ3) is 6.59. The molecule has 1 aliphatic rings. The molecule has 5 heteroatoms. The molecule has 0 bridgehead atoms. The van der Waals surface area contributed by atoms with E-state index in [1.807, 2.05) is 0 Å². The number of halogens is 3. The van der Waals surface area contributed by atoms with E-state index in [1.54, 1.807) is 0 Å². The highest BCUT2D eigenvalue weighted by molar-refractivity contribution is 4.83. The average molecular weight is 267 g/mol. The van der Waals surface area contributed by atoms with Crippen LogP contribution in [0.15, 0.2) is 0 Å². The number of hydrogen-bond donors (Lipinski definition) is 1. The number of nitrogens with one attached hydrogen (secondary N) is 1. The van der Waals surface area contributed by atoms with Crippen LogP contribution in [0, 0.1) is 11.3 Å². The van der Waals surface area contributed by atoms with Gasteiger partial charge in [0.2, 0.25) is 0 Å². The Kier molecular flexibility index (Phi) is 5.46. The summed E-state index contributed by atoms with van der Waals surface area (Å²) in [5, 5.41) is 2.35. The number of hydrogen-bond acceptors (Lipinski definition) is 2. The van der Waals surface area contributed by atoms with Gasteiger partial charge in [0.1, 0.15) is 0 Å². The van der Waals surface area contributed by atoms with Gasteiger partial charge in [0.25, 0.3) is 0 Å². The minimum absolute atomic E-state index is 0.191. The maximum atomic E-state index is 11.9. The average Bonchev–Trinajstić information content (AvgIpc) is 2.11. The summed E-state index contributed by atoms with van der Waals surface area (Å²) in [7, 11) is 0. The molecule has 0 heterocycles. The molecule has 0 aromatic carbocycles. The molecular formula is C13H24F3NO. The summed E-state index contributed by atoms with van der Waals surface area (Å²) in [5.41, 5.74) is 0.279. The van der Waals surface area contributed by atoms with E-state index in [4.69, 9.17) is 4.74 Å². The molecule has 2 atom stereocenters. The first-order chi connectivity index (χ1) is 8.18. The van der Waals surface area contributed by atoms with Crippen LogP contribution in [0.4, 0.5) is 13.2 Å². The third-order valence-electron chi connectivity index (χ3n) is 3.30. The Bertz CT molecular complexity index is 253. The molecule has 1 rings (SSSR count). The summed E-state index contributed by atoms with van der Waals surface area (Å²) in [6.45, 7) is 6.32. The first-order valence-corrected chi connectivity index (χ1v) is 6.57. The Morgan fingerprint density at radius 1 is 1.28 bits per heavy atom. The third-order valence-corrected chi connectivity index (χ3v) is 3.30. The van der Waals surface area contributed by atoms with E-state index in [0.29, 0.717) is 12.5 Å². The van der Waals surface area contributed by atoms with Crippen LogP contribution in [-0.4, -0.2) is 32.0 Å². The lowest BCUT2D eigenvalue weighted by Crippen LogP contribution is -2.35. The lowest BCUT2D eigenvalue weighted by molar-refractivity contribution is -0.125. The highest BCUT2D eigenvalue weighted by atomic mass is 19.4. The monoisotopic (exact) mass is 267 g/mol. The summed E-state index contributed by atoms with van der Waals surface area (Å²) in [6.07, 6.45) is -0.740. The minimum atomic E-state index is -4.14. The normalized spacial score (nSPS) is 28.3. The van der Waals surface area contributed by atoms with Crippen molar-refractivity contribution in [2.45, 2.75) is 52.3 Å². The van der Waals surface area contributed by atoms with Crippen LogP contribution < -0.4 is 5.32 Å². The van der Waals surface area contributed by atoms with Crippen molar-refractivity contribution in [3.05, 3.63) is 0 Å². The van der Waals surface area contributed by atoms with Crippen LogP contribution in [0.1, 0.15) is 40.0 Å². The van der Waals surface area contributed by atoms with Gasteiger partial charge in [-0.05, 0) is 30.6 Å². The summed E-state index contributed by atoms with van der Waals surface area (Å²) in [6, 6.07) is 0. The smallest absolute Gasteiger partial charge is 0.377 e. The Morgan fingerprint density at radius 3 is 2.50 bits per heavy atom. The van der Waals surface area contributed by atoms with E-state index >= 15 is 0 Å². The van der Waals surface area contributed by atoms with E-state index in [9.17, 15) is 13.2 Å². The standard InChI is InChI=1S/C13H24F3NO/c1-10-6-11(8-12(2,3)7-10)18-5-4-17-9-13(14,15)16/h10-11,17H,4-9H2,1-3H3. The molecule has 1 N–H and O–H groups in total. The van der Waals surface area contributed by atoms with E-state index in [1.165, 1.54) is 6.42 Å². The van der Waals surface area contributed by atoms with E-state index in [0.717, 1.165) is 12.8 Å². The SMILES string of the molecule is CC1CC(OCCNCC(F)(F)F)CC(C)(C)C1. The van der Waals surface area contributed by atoms with Crippen molar-refractivity contribution in [1.82, 2.24) is 5.32 Å². The molecule has 0 amide bonds. The summed E-state index contributed by atoms with van der Waals surface area (Å²) >= 11 is 0. The zero-order chi connectivity index (χ0) is 13.8. The largest absolute Gasteiger partial charge is 0.401 e. The molecule has 1 fully saturated rings. The molecule has 1 aliphatic carbocycles. The fourth-order valence-electron chi connectivity index (χ4n) is 2.91. The second-order valence-corrected chi connectivity index (χ2v) is 6.20. The van der Waals surface area contributed by atoms with Crippen LogP contribution in [0.5, 0.6) is 0 Å². The molecular weight excluding hydrogens is 243 g/mol. The summed E-state index contributed by atoms with van der Waals surface area (Å²) in [5.74, 6) is 0.627. The fraction of sp³-hybridized carbons (Fsp3) is 1.00. The molecule has 0 saturated heterocycles. The number of alkyl halides is 3. The number of rotatable bonds is 5. The second-order valence-electron chi connectivity index (χ2n) is 6.20. The van der Waals surface area contributed by atoms with Gasteiger partial charge in [-0.1, -0.05) is 20.8 Å².